The van der Waals surface area contributed by atoms with Crippen LogP contribution in [0.4, 0.5) is 0 Å². The van der Waals surface area contributed by atoms with Gasteiger partial charge in [0.2, 0.25) is 0 Å². The van der Waals surface area contributed by atoms with Gasteiger partial charge in [0.25, 0.3) is 0 Å². The minimum absolute atomic E-state index is 0.0772. The number of ether oxygens (including phenoxy) is 1. The summed E-state index contributed by atoms with van der Waals surface area (Å²) in [4.78, 5) is 4.16. The zero-order valence-electron chi connectivity index (χ0n) is 12.5. The smallest absolute Gasteiger partial charge is 0.191 e. The van der Waals surface area contributed by atoms with Crippen LogP contribution < -0.4 is 15.4 Å². The second-order valence-corrected chi connectivity index (χ2v) is 4.99. The Morgan fingerprint density at radius 2 is 1.84 bits per heavy atom. The summed E-state index contributed by atoms with van der Waals surface area (Å²) in [5.41, 5.74) is 1.24. The van der Waals surface area contributed by atoms with Crippen molar-refractivity contribution in [1.82, 2.24) is 10.6 Å². The molecule has 19 heavy (non-hydrogen) atoms. The molecule has 4 nitrogen and oxygen atoms in total. The number of nitrogens with zero attached hydrogens (tertiary/aromatic N) is 1. The van der Waals surface area contributed by atoms with E-state index in [0.29, 0.717) is 12.6 Å². The Balaban J connectivity index is 2.38. The van der Waals surface area contributed by atoms with Gasteiger partial charge in [-0.3, -0.25) is 4.99 Å². The van der Waals surface area contributed by atoms with Gasteiger partial charge >= 0.3 is 0 Å². The first-order chi connectivity index (χ1) is 9.01. The third-order valence-electron chi connectivity index (χ3n) is 2.56. The van der Waals surface area contributed by atoms with E-state index in [0.717, 1.165) is 11.7 Å². The molecule has 0 aliphatic rings. The number of nitrogens with one attached hydrogen (secondary N) is 2. The minimum Gasteiger partial charge on any atom is -0.489 e. The van der Waals surface area contributed by atoms with Crippen molar-refractivity contribution in [3.63, 3.8) is 0 Å². The number of rotatable bonds is 5. The maximum Gasteiger partial charge on any atom is 0.191 e. The first-order valence-electron chi connectivity index (χ1n) is 6.71. The summed E-state index contributed by atoms with van der Waals surface area (Å²) < 4.78 is 5.82. The lowest BCUT2D eigenvalue weighted by Crippen LogP contribution is -2.44. The summed E-state index contributed by atoms with van der Waals surface area (Å²) in [7, 11) is 1.77. The van der Waals surface area contributed by atoms with Crippen molar-refractivity contribution in [2.75, 3.05) is 13.6 Å². The van der Waals surface area contributed by atoms with E-state index in [4.69, 9.17) is 4.74 Å². The van der Waals surface area contributed by atoms with Crippen LogP contribution in [0.25, 0.3) is 0 Å². The van der Waals surface area contributed by atoms with Crippen LogP contribution in [-0.4, -0.2) is 31.7 Å². The SMILES string of the molecule is CN=C(NCC(C)Oc1ccc(C)cc1)NC(C)C. The van der Waals surface area contributed by atoms with Gasteiger partial charge < -0.3 is 15.4 Å². The quantitative estimate of drug-likeness (QED) is 0.633. The molecule has 0 radical (unpaired) electrons. The summed E-state index contributed by atoms with van der Waals surface area (Å²) in [6, 6.07) is 8.45. The van der Waals surface area contributed by atoms with Crippen LogP contribution in [-0.2, 0) is 0 Å². The predicted molar refractivity (Wildman–Crippen MR) is 80.9 cm³/mol. The van der Waals surface area contributed by atoms with Gasteiger partial charge in [-0.05, 0) is 39.8 Å². The van der Waals surface area contributed by atoms with E-state index in [1.165, 1.54) is 5.56 Å². The molecule has 0 aliphatic heterocycles. The van der Waals surface area contributed by atoms with Crippen LogP contribution in [0.1, 0.15) is 26.3 Å². The molecule has 0 saturated carbocycles. The van der Waals surface area contributed by atoms with Crippen molar-refractivity contribution < 1.29 is 4.74 Å². The number of hydrogen-bond acceptors (Lipinski definition) is 2. The van der Waals surface area contributed by atoms with Gasteiger partial charge in [-0.1, -0.05) is 17.7 Å². The molecule has 0 fully saturated rings. The fraction of sp³-hybridized carbons (Fsp3) is 0.533. The fourth-order valence-corrected chi connectivity index (χ4v) is 1.60. The Hall–Kier alpha value is -1.71. The Labute approximate surface area is 116 Å². The molecule has 106 valence electrons. The lowest BCUT2D eigenvalue weighted by atomic mass is 10.2. The van der Waals surface area contributed by atoms with Crippen LogP contribution in [0.5, 0.6) is 5.75 Å². The summed E-state index contributed by atoms with van der Waals surface area (Å²) in [5.74, 6) is 1.70. The molecule has 0 aliphatic carbocycles. The first kappa shape index (κ1) is 15.3. The summed E-state index contributed by atoms with van der Waals surface area (Å²) in [6.45, 7) is 8.98. The molecule has 1 rings (SSSR count). The molecule has 1 unspecified atom stereocenters. The maximum atomic E-state index is 5.82. The van der Waals surface area contributed by atoms with Gasteiger partial charge in [0.05, 0.1) is 6.54 Å². The van der Waals surface area contributed by atoms with Crippen molar-refractivity contribution in [3.05, 3.63) is 29.8 Å². The second kappa shape index (κ2) is 7.67. The summed E-state index contributed by atoms with van der Waals surface area (Å²) in [5, 5.41) is 6.49. The molecule has 0 bridgehead atoms. The van der Waals surface area contributed by atoms with E-state index < -0.39 is 0 Å². The van der Waals surface area contributed by atoms with Crippen molar-refractivity contribution in [2.45, 2.75) is 39.8 Å². The van der Waals surface area contributed by atoms with Gasteiger partial charge in [0, 0.05) is 13.1 Å². The van der Waals surface area contributed by atoms with E-state index >= 15 is 0 Å². The molecular formula is C15H25N3O. The highest BCUT2D eigenvalue weighted by atomic mass is 16.5. The molecule has 0 aromatic heterocycles. The first-order valence-corrected chi connectivity index (χ1v) is 6.71. The van der Waals surface area contributed by atoms with Gasteiger partial charge in [-0.25, -0.2) is 0 Å². The molecule has 0 spiro atoms. The van der Waals surface area contributed by atoms with Crippen LogP contribution in [0.15, 0.2) is 29.3 Å². The zero-order chi connectivity index (χ0) is 14.3. The van der Waals surface area contributed by atoms with Crippen LogP contribution in [0.2, 0.25) is 0 Å². The third kappa shape index (κ3) is 6.13. The third-order valence-corrected chi connectivity index (χ3v) is 2.56. The van der Waals surface area contributed by atoms with Gasteiger partial charge in [0.1, 0.15) is 11.9 Å². The Morgan fingerprint density at radius 3 is 2.37 bits per heavy atom. The standard InChI is InChI=1S/C15H25N3O/c1-11(2)18-15(16-5)17-10-13(4)19-14-8-6-12(3)7-9-14/h6-9,11,13H,10H2,1-5H3,(H2,16,17,18). The number of benzene rings is 1. The molecule has 0 saturated heterocycles. The van der Waals surface area contributed by atoms with Crippen molar-refractivity contribution in [3.8, 4) is 5.75 Å². The highest BCUT2D eigenvalue weighted by Crippen LogP contribution is 2.12. The predicted octanol–water partition coefficient (Wildman–Crippen LogP) is 2.34. The lowest BCUT2D eigenvalue weighted by molar-refractivity contribution is 0.223. The monoisotopic (exact) mass is 263 g/mol. The highest BCUT2D eigenvalue weighted by molar-refractivity contribution is 5.79. The van der Waals surface area contributed by atoms with Gasteiger partial charge in [0.15, 0.2) is 5.96 Å². The van der Waals surface area contributed by atoms with E-state index in [1.54, 1.807) is 7.05 Å². The number of guanidine groups is 1. The van der Waals surface area contributed by atoms with E-state index in [2.05, 4.69) is 48.5 Å². The van der Waals surface area contributed by atoms with Crippen molar-refractivity contribution >= 4 is 5.96 Å². The molecular weight excluding hydrogens is 238 g/mol. The maximum absolute atomic E-state index is 5.82. The zero-order valence-corrected chi connectivity index (χ0v) is 12.5. The molecule has 2 N–H and O–H groups in total. The summed E-state index contributed by atoms with van der Waals surface area (Å²) >= 11 is 0. The van der Waals surface area contributed by atoms with E-state index in [-0.39, 0.29) is 6.10 Å². The molecule has 0 amide bonds. The lowest BCUT2D eigenvalue weighted by Gasteiger charge is -2.19. The molecule has 1 aromatic rings. The van der Waals surface area contributed by atoms with Gasteiger partial charge in [-0.15, -0.1) is 0 Å². The highest BCUT2D eigenvalue weighted by Gasteiger charge is 2.06. The van der Waals surface area contributed by atoms with Crippen LogP contribution >= 0.6 is 0 Å². The molecule has 1 atom stereocenters. The minimum atomic E-state index is 0.0772. The number of aliphatic imine (C=N–C) groups is 1. The van der Waals surface area contributed by atoms with Crippen LogP contribution in [0, 0.1) is 6.92 Å². The van der Waals surface area contributed by atoms with E-state index in [9.17, 15) is 0 Å². The topological polar surface area (TPSA) is 45.7 Å². The Kier molecular flexibility index (Phi) is 6.19. The molecule has 0 heterocycles. The fourth-order valence-electron chi connectivity index (χ4n) is 1.60. The number of aryl methyl sites for hydroxylation is 1. The van der Waals surface area contributed by atoms with Crippen LogP contribution in [0.3, 0.4) is 0 Å². The Morgan fingerprint density at radius 1 is 1.21 bits per heavy atom. The summed E-state index contributed by atoms with van der Waals surface area (Å²) in [6.07, 6.45) is 0.0772. The van der Waals surface area contributed by atoms with Crippen molar-refractivity contribution in [2.24, 2.45) is 4.99 Å². The average Bonchev–Trinajstić information content (AvgIpc) is 2.37. The molecule has 4 heteroatoms. The second-order valence-electron chi connectivity index (χ2n) is 4.99. The van der Waals surface area contributed by atoms with Gasteiger partial charge in [-0.2, -0.15) is 0 Å². The van der Waals surface area contributed by atoms with E-state index in [1.807, 2.05) is 19.1 Å². The normalized spacial score (nSPS) is 13.3. The average molecular weight is 263 g/mol. The van der Waals surface area contributed by atoms with Crippen molar-refractivity contribution in [1.29, 1.82) is 0 Å². The molecule has 1 aromatic carbocycles. The Bertz CT molecular complexity index is 398. The largest absolute Gasteiger partial charge is 0.489 e. The number of hydrogen-bond donors (Lipinski definition) is 2.